The number of fused-ring (bicyclic) bond motifs is 1. The molecule has 1 saturated heterocycles. The van der Waals surface area contributed by atoms with Crippen molar-refractivity contribution >= 4 is 40.4 Å². The molecule has 3 heterocycles. The molecule has 40 heavy (non-hydrogen) atoms. The number of nitrogens with zero attached hydrogens (tertiary/aromatic N) is 4. The number of aliphatic imine (C=N–C) groups is 1. The number of pyridine rings is 1. The van der Waals surface area contributed by atoms with E-state index in [9.17, 15) is 9.18 Å². The zero-order chi connectivity index (χ0) is 28.1. The van der Waals surface area contributed by atoms with Gasteiger partial charge in [-0.05, 0) is 42.8 Å². The number of imidazole rings is 1. The normalized spacial score (nSPS) is 15.4. The second-order valence-corrected chi connectivity index (χ2v) is 9.53. The highest BCUT2D eigenvalue weighted by Crippen LogP contribution is 2.24. The van der Waals surface area contributed by atoms with Gasteiger partial charge in [0.15, 0.2) is 0 Å². The number of allylic oxidation sites excluding steroid dienone is 1. The number of aromatic nitrogens is 3. The molecule has 206 valence electrons. The molecule has 4 aromatic rings. The summed E-state index contributed by atoms with van der Waals surface area (Å²) in [6, 6.07) is 14.9. The van der Waals surface area contributed by atoms with Crippen LogP contribution in [-0.2, 0) is 29.2 Å². The molecule has 0 bridgehead atoms. The van der Waals surface area contributed by atoms with E-state index in [0.29, 0.717) is 39.8 Å². The third kappa shape index (κ3) is 6.13. The second kappa shape index (κ2) is 12.3. The molecule has 1 aliphatic heterocycles. The number of hydrogen-bond donors (Lipinski definition) is 1. The second-order valence-electron chi connectivity index (χ2n) is 9.09. The van der Waals surface area contributed by atoms with Crippen molar-refractivity contribution in [2.24, 2.45) is 10.7 Å². The number of halogens is 2. The smallest absolute Gasteiger partial charge is 0.337 e. The molecule has 11 heteroatoms. The number of benzene rings is 2. The highest BCUT2D eigenvalue weighted by molar-refractivity contribution is 6.30. The van der Waals surface area contributed by atoms with E-state index in [0.717, 1.165) is 29.9 Å². The van der Waals surface area contributed by atoms with Crippen molar-refractivity contribution in [3.63, 3.8) is 0 Å². The number of ether oxygens (including phenoxy) is 3. The lowest BCUT2D eigenvalue weighted by Crippen LogP contribution is -2.31. The molecule has 1 aliphatic rings. The van der Waals surface area contributed by atoms with Gasteiger partial charge >= 0.3 is 5.97 Å². The summed E-state index contributed by atoms with van der Waals surface area (Å²) in [6.07, 6.45) is 4.06. The van der Waals surface area contributed by atoms with Crippen molar-refractivity contribution in [2.45, 2.75) is 32.2 Å². The number of esters is 1. The summed E-state index contributed by atoms with van der Waals surface area (Å²) in [5.41, 5.74) is 9.37. The van der Waals surface area contributed by atoms with Gasteiger partial charge in [-0.1, -0.05) is 23.7 Å². The molecule has 0 radical (unpaired) electrons. The Labute approximate surface area is 235 Å². The number of carbonyl (C=O) groups excluding carboxylic acids is 1. The van der Waals surface area contributed by atoms with E-state index in [4.69, 9.17) is 36.5 Å². The van der Waals surface area contributed by atoms with Gasteiger partial charge in [0.25, 0.3) is 0 Å². The van der Waals surface area contributed by atoms with Crippen LogP contribution in [0.25, 0.3) is 16.6 Å². The Hall–Kier alpha value is -4.28. The average molecular weight is 564 g/mol. The van der Waals surface area contributed by atoms with Gasteiger partial charge < -0.3 is 24.5 Å². The van der Waals surface area contributed by atoms with Gasteiger partial charge in [0.2, 0.25) is 5.88 Å². The van der Waals surface area contributed by atoms with Gasteiger partial charge in [0.05, 0.1) is 48.6 Å². The molecule has 2 aromatic heterocycles. The minimum absolute atomic E-state index is 0.00611. The van der Waals surface area contributed by atoms with Crippen LogP contribution in [0.2, 0.25) is 5.02 Å². The van der Waals surface area contributed by atoms with Crippen LogP contribution >= 0.6 is 11.6 Å². The lowest BCUT2D eigenvalue weighted by Gasteiger charge is -2.27. The average Bonchev–Trinajstić information content (AvgIpc) is 3.28. The van der Waals surface area contributed by atoms with Gasteiger partial charge in [0, 0.05) is 41.2 Å². The number of hydrogen-bond acceptors (Lipinski definition) is 8. The van der Waals surface area contributed by atoms with Crippen molar-refractivity contribution in [1.82, 2.24) is 14.5 Å². The third-order valence-electron chi connectivity index (χ3n) is 6.48. The topological polar surface area (TPSA) is 114 Å². The number of rotatable bonds is 10. The number of carbonyl (C=O) groups is 1. The fourth-order valence-electron chi connectivity index (χ4n) is 4.24. The first-order valence-electron chi connectivity index (χ1n) is 12.6. The van der Waals surface area contributed by atoms with Crippen LogP contribution in [0.5, 0.6) is 5.88 Å². The molecule has 2 aromatic carbocycles. The van der Waals surface area contributed by atoms with Gasteiger partial charge in [-0.3, -0.25) is 4.99 Å². The van der Waals surface area contributed by atoms with E-state index < -0.39 is 11.8 Å². The summed E-state index contributed by atoms with van der Waals surface area (Å²) in [5.74, 6) is 0.164. The summed E-state index contributed by atoms with van der Waals surface area (Å²) in [6.45, 7) is 1.58. The molecule has 1 atom stereocenters. The monoisotopic (exact) mass is 563 g/mol. The highest BCUT2D eigenvalue weighted by Gasteiger charge is 2.22. The van der Waals surface area contributed by atoms with Crippen LogP contribution in [0, 0.1) is 5.82 Å². The summed E-state index contributed by atoms with van der Waals surface area (Å²) in [5, 5.41) is 0.316. The Balaban J connectivity index is 1.32. The van der Waals surface area contributed by atoms with E-state index in [1.807, 2.05) is 4.57 Å². The van der Waals surface area contributed by atoms with Gasteiger partial charge in [-0.15, -0.1) is 0 Å². The predicted molar refractivity (Wildman–Crippen MR) is 150 cm³/mol. The Morgan fingerprint density at radius 2 is 2.10 bits per heavy atom. The van der Waals surface area contributed by atoms with Crippen molar-refractivity contribution in [3.8, 4) is 5.88 Å². The van der Waals surface area contributed by atoms with Crippen molar-refractivity contribution in [1.29, 1.82) is 0 Å². The summed E-state index contributed by atoms with van der Waals surface area (Å²) in [7, 11) is 1.35. The van der Waals surface area contributed by atoms with Gasteiger partial charge in [-0.2, -0.15) is 0 Å². The van der Waals surface area contributed by atoms with E-state index in [1.54, 1.807) is 54.7 Å². The first kappa shape index (κ1) is 27.3. The first-order valence-corrected chi connectivity index (χ1v) is 13.0. The molecule has 0 spiro atoms. The van der Waals surface area contributed by atoms with E-state index >= 15 is 0 Å². The van der Waals surface area contributed by atoms with E-state index in [2.05, 4.69) is 9.98 Å². The standard InChI is InChI=1S/C29H27ClFN5O4/c1-38-29(37)18-6-8-25-26(11-18)36(16-22-9-10-39-22)27(34-25)15-33-14-20(13-32)24-3-2-4-28(35-24)40-17-19-5-7-21(30)12-23(19)31/h2-8,11-14,22H,9-10,15-17,32H2,1H3/t22-/m0/s1. The maximum absolute atomic E-state index is 14.1. The Bertz CT molecular complexity index is 1600. The SMILES string of the molecule is COC(=O)c1ccc2nc(CN=CC(=CN)c3cccc(OCc4ccc(Cl)cc4F)n3)n(C[C@@H]3CCO3)c2c1. The zero-order valence-electron chi connectivity index (χ0n) is 21.7. The molecule has 9 nitrogen and oxygen atoms in total. The van der Waals surface area contributed by atoms with Crippen LogP contribution in [0.4, 0.5) is 4.39 Å². The Morgan fingerprint density at radius 3 is 2.83 bits per heavy atom. The third-order valence-corrected chi connectivity index (χ3v) is 6.72. The maximum Gasteiger partial charge on any atom is 0.337 e. The summed E-state index contributed by atoms with van der Waals surface area (Å²) < 4.78 is 32.3. The highest BCUT2D eigenvalue weighted by atomic mass is 35.5. The van der Waals surface area contributed by atoms with Crippen LogP contribution in [-0.4, -0.2) is 46.5 Å². The summed E-state index contributed by atoms with van der Waals surface area (Å²) >= 11 is 5.82. The van der Waals surface area contributed by atoms with Gasteiger partial charge in [-0.25, -0.2) is 19.2 Å². The quantitative estimate of drug-likeness (QED) is 0.214. The molecule has 0 amide bonds. The number of nitrogens with two attached hydrogens (primary N) is 1. The van der Waals surface area contributed by atoms with Crippen molar-refractivity contribution < 1.29 is 23.4 Å². The molecular formula is C29H27ClFN5O4. The fraction of sp³-hybridized carbons (Fsp3) is 0.241. The predicted octanol–water partition coefficient (Wildman–Crippen LogP) is 4.95. The van der Waals surface area contributed by atoms with Crippen molar-refractivity contribution in [3.05, 3.63) is 94.3 Å². The number of methoxy groups -OCH3 is 1. The Kier molecular flexibility index (Phi) is 8.37. The summed E-state index contributed by atoms with van der Waals surface area (Å²) in [4.78, 5) is 25.9. The largest absolute Gasteiger partial charge is 0.473 e. The molecule has 0 saturated carbocycles. The minimum atomic E-state index is -0.449. The lowest BCUT2D eigenvalue weighted by atomic mass is 10.1. The molecule has 1 fully saturated rings. The van der Waals surface area contributed by atoms with Crippen LogP contribution in [0.1, 0.15) is 33.9 Å². The molecular weight excluding hydrogens is 537 g/mol. The van der Waals surface area contributed by atoms with Crippen molar-refractivity contribution in [2.75, 3.05) is 13.7 Å². The Morgan fingerprint density at radius 1 is 1.25 bits per heavy atom. The molecule has 0 unspecified atom stereocenters. The van der Waals surface area contributed by atoms with E-state index in [1.165, 1.54) is 19.4 Å². The van der Waals surface area contributed by atoms with Crippen LogP contribution in [0.3, 0.4) is 0 Å². The fourth-order valence-corrected chi connectivity index (χ4v) is 4.40. The minimum Gasteiger partial charge on any atom is -0.473 e. The zero-order valence-corrected chi connectivity index (χ0v) is 22.5. The molecule has 0 aliphatic carbocycles. The van der Waals surface area contributed by atoms with E-state index in [-0.39, 0.29) is 19.3 Å². The molecule has 2 N–H and O–H groups in total. The van der Waals surface area contributed by atoms with Crippen LogP contribution < -0.4 is 10.5 Å². The molecule has 5 rings (SSSR count). The lowest BCUT2D eigenvalue weighted by molar-refractivity contribution is -0.0590. The van der Waals surface area contributed by atoms with Gasteiger partial charge in [0.1, 0.15) is 18.2 Å². The van der Waals surface area contributed by atoms with Crippen LogP contribution in [0.15, 0.2) is 65.8 Å². The maximum atomic E-state index is 14.1. The first-order chi connectivity index (χ1) is 19.4.